The molecule has 2 amide bonds. The Labute approximate surface area is 101 Å². The third-order valence-corrected chi connectivity index (χ3v) is 2.29. The van der Waals surface area contributed by atoms with Gasteiger partial charge in [0.2, 0.25) is 0 Å². The van der Waals surface area contributed by atoms with Crippen molar-refractivity contribution in [3.8, 4) is 0 Å². The van der Waals surface area contributed by atoms with E-state index in [1.54, 1.807) is 0 Å². The lowest BCUT2D eigenvalue weighted by molar-refractivity contribution is 0.239. The molecule has 16 heavy (non-hydrogen) atoms. The van der Waals surface area contributed by atoms with Gasteiger partial charge in [0.1, 0.15) is 0 Å². The molecule has 0 atom stereocenters. The number of benzene rings is 1. The molecule has 4 heteroatoms. The summed E-state index contributed by atoms with van der Waals surface area (Å²) >= 11 is 5.76. The Morgan fingerprint density at radius 3 is 2.44 bits per heavy atom. The Bertz CT molecular complexity index is 335. The molecule has 0 saturated carbocycles. The fourth-order valence-electron chi connectivity index (χ4n) is 1.14. The Kier molecular flexibility index (Phi) is 5.12. The van der Waals surface area contributed by atoms with Gasteiger partial charge in [-0.15, -0.1) is 0 Å². The maximum atomic E-state index is 11.3. The molecular formula is C12H17ClN2O. The second-order valence-electron chi connectivity index (χ2n) is 4.08. The molecule has 0 aliphatic carbocycles. The lowest BCUT2D eigenvalue weighted by Gasteiger charge is -2.09. The summed E-state index contributed by atoms with van der Waals surface area (Å²) in [7, 11) is 0. The second-order valence-corrected chi connectivity index (χ2v) is 4.52. The Morgan fingerprint density at radius 2 is 1.88 bits per heavy atom. The maximum Gasteiger partial charge on any atom is 0.315 e. The Morgan fingerprint density at radius 1 is 1.25 bits per heavy atom. The predicted molar refractivity (Wildman–Crippen MR) is 66.5 cm³/mol. The van der Waals surface area contributed by atoms with Gasteiger partial charge in [-0.3, -0.25) is 0 Å². The average Bonchev–Trinajstić information content (AvgIpc) is 2.25. The summed E-state index contributed by atoms with van der Waals surface area (Å²) in [4.78, 5) is 11.3. The van der Waals surface area contributed by atoms with Crippen molar-refractivity contribution in [2.75, 3.05) is 6.54 Å². The standard InChI is InChI=1S/C12H17ClN2O/c1-9(2)7-14-12(16)15-8-10-3-5-11(13)6-4-10/h3-6,9H,7-8H2,1-2H3,(H2,14,15,16). The molecule has 0 aliphatic rings. The van der Waals surface area contributed by atoms with Crippen LogP contribution in [0.3, 0.4) is 0 Å². The SMILES string of the molecule is CC(C)CNC(=O)NCc1ccc(Cl)cc1. The largest absolute Gasteiger partial charge is 0.338 e. The number of hydrogen-bond acceptors (Lipinski definition) is 1. The minimum Gasteiger partial charge on any atom is -0.338 e. The second kappa shape index (κ2) is 6.38. The average molecular weight is 241 g/mol. The number of carbonyl (C=O) groups is 1. The summed E-state index contributed by atoms with van der Waals surface area (Å²) in [6.45, 7) is 5.31. The first-order chi connectivity index (χ1) is 7.58. The van der Waals surface area contributed by atoms with Crippen LogP contribution in [0.2, 0.25) is 5.02 Å². The predicted octanol–water partition coefficient (Wildman–Crippen LogP) is 2.80. The Balaban J connectivity index is 2.29. The molecule has 2 N–H and O–H groups in total. The van der Waals surface area contributed by atoms with Gasteiger partial charge in [0.25, 0.3) is 0 Å². The highest BCUT2D eigenvalue weighted by Gasteiger charge is 2.01. The Hall–Kier alpha value is -1.22. The summed E-state index contributed by atoms with van der Waals surface area (Å²) < 4.78 is 0. The van der Waals surface area contributed by atoms with Gasteiger partial charge in [0.05, 0.1) is 0 Å². The molecule has 0 unspecified atom stereocenters. The minimum atomic E-state index is -0.136. The monoisotopic (exact) mass is 240 g/mol. The number of rotatable bonds is 4. The number of carbonyl (C=O) groups excluding carboxylic acids is 1. The smallest absolute Gasteiger partial charge is 0.315 e. The van der Waals surface area contributed by atoms with Crippen LogP contribution in [-0.2, 0) is 6.54 Å². The zero-order valence-corrected chi connectivity index (χ0v) is 10.3. The number of amides is 2. The van der Waals surface area contributed by atoms with E-state index in [1.807, 2.05) is 24.3 Å². The van der Waals surface area contributed by atoms with Crippen molar-refractivity contribution < 1.29 is 4.79 Å². The fraction of sp³-hybridized carbons (Fsp3) is 0.417. The number of nitrogens with one attached hydrogen (secondary N) is 2. The van der Waals surface area contributed by atoms with E-state index in [0.717, 1.165) is 5.56 Å². The molecule has 3 nitrogen and oxygen atoms in total. The van der Waals surface area contributed by atoms with E-state index >= 15 is 0 Å². The first-order valence-corrected chi connectivity index (χ1v) is 5.72. The van der Waals surface area contributed by atoms with Gasteiger partial charge in [0, 0.05) is 18.1 Å². The summed E-state index contributed by atoms with van der Waals surface area (Å²) in [5, 5.41) is 6.27. The van der Waals surface area contributed by atoms with Crippen LogP contribution >= 0.6 is 11.6 Å². The van der Waals surface area contributed by atoms with E-state index in [2.05, 4.69) is 24.5 Å². The molecule has 0 aromatic heterocycles. The normalized spacial score (nSPS) is 10.2. The molecule has 88 valence electrons. The van der Waals surface area contributed by atoms with Crippen LogP contribution in [0.4, 0.5) is 4.79 Å². The molecule has 0 heterocycles. The van der Waals surface area contributed by atoms with Crippen LogP contribution < -0.4 is 10.6 Å². The molecule has 0 radical (unpaired) electrons. The molecule has 0 saturated heterocycles. The van der Waals surface area contributed by atoms with E-state index in [9.17, 15) is 4.79 Å². The first kappa shape index (κ1) is 12.8. The molecule has 0 aliphatic heterocycles. The van der Waals surface area contributed by atoms with Gasteiger partial charge < -0.3 is 10.6 Å². The van der Waals surface area contributed by atoms with Gasteiger partial charge in [-0.25, -0.2) is 4.79 Å². The highest BCUT2D eigenvalue weighted by Crippen LogP contribution is 2.08. The lowest BCUT2D eigenvalue weighted by Crippen LogP contribution is -2.36. The quantitative estimate of drug-likeness (QED) is 0.835. The summed E-state index contributed by atoms with van der Waals surface area (Å²) in [5.41, 5.74) is 1.03. The van der Waals surface area contributed by atoms with Crippen molar-refractivity contribution >= 4 is 17.6 Å². The van der Waals surface area contributed by atoms with E-state index in [-0.39, 0.29) is 6.03 Å². The molecule has 1 rings (SSSR count). The van der Waals surface area contributed by atoms with Crippen molar-refractivity contribution in [2.45, 2.75) is 20.4 Å². The highest BCUT2D eigenvalue weighted by atomic mass is 35.5. The summed E-state index contributed by atoms with van der Waals surface area (Å²) in [5.74, 6) is 0.460. The van der Waals surface area contributed by atoms with Gasteiger partial charge in [-0.2, -0.15) is 0 Å². The van der Waals surface area contributed by atoms with Crippen LogP contribution in [0.5, 0.6) is 0 Å². The van der Waals surface area contributed by atoms with E-state index in [4.69, 9.17) is 11.6 Å². The van der Waals surface area contributed by atoms with E-state index in [0.29, 0.717) is 24.0 Å². The summed E-state index contributed by atoms with van der Waals surface area (Å²) in [6, 6.07) is 7.27. The molecule has 0 bridgehead atoms. The minimum absolute atomic E-state index is 0.136. The molecule has 0 spiro atoms. The van der Waals surface area contributed by atoms with Crippen LogP contribution in [-0.4, -0.2) is 12.6 Å². The highest BCUT2D eigenvalue weighted by molar-refractivity contribution is 6.30. The molecule has 1 aromatic carbocycles. The van der Waals surface area contributed by atoms with Crippen LogP contribution in [0.25, 0.3) is 0 Å². The third kappa shape index (κ3) is 5.03. The van der Waals surface area contributed by atoms with Crippen molar-refractivity contribution in [3.63, 3.8) is 0 Å². The van der Waals surface area contributed by atoms with Crippen molar-refractivity contribution in [2.24, 2.45) is 5.92 Å². The van der Waals surface area contributed by atoms with E-state index in [1.165, 1.54) is 0 Å². The first-order valence-electron chi connectivity index (χ1n) is 5.34. The van der Waals surface area contributed by atoms with Gasteiger partial charge in [0.15, 0.2) is 0 Å². The van der Waals surface area contributed by atoms with Crippen molar-refractivity contribution in [1.29, 1.82) is 0 Å². The third-order valence-electron chi connectivity index (χ3n) is 2.04. The van der Waals surface area contributed by atoms with Crippen LogP contribution in [0.15, 0.2) is 24.3 Å². The number of halogens is 1. The number of hydrogen-bond donors (Lipinski definition) is 2. The lowest BCUT2D eigenvalue weighted by atomic mass is 10.2. The van der Waals surface area contributed by atoms with Gasteiger partial charge in [-0.1, -0.05) is 37.6 Å². The van der Waals surface area contributed by atoms with Gasteiger partial charge in [-0.05, 0) is 23.6 Å². The fourth-order valence-corrected chi connectivity index (χ4v) is 1.27. The van der Waals surface area contributed by atoms with Crippen molar-refractivity contribution in [3.05, 3.63) is 34.9 Å². The molecule has 0 fully saturated rings. The molecule has 1 aromatic rings. The zero-order valence-electron chi connectivity index (χ0n) is 9.59. The topological polar surface area (TPSA) is 41.1 Å². The van der Waals surface area contributed by atoms with Crippen LogP contribution in [0, 0.1) is 5.92 Å². The van der Waals surface area contributed by atoms with Crippen LogP contribution in [0.1, 0.15) is 19.4 Å². The van der Waals surface area contributed by atoms with E-state index < -0.39 is 0 Å². The van der Waals surface area contributed by atoms with Gasteiger partial charge >= 0.3 is 6.03 Å². The number of urea groups is 1. The van der Waals surface area contributed by atoms with Crippen molar-refractivity contribution in [1.82, 2.24) is 10.6 Å². The zero-order chi connectivity index (χ0) is 12.0. The summed E-state index contributed by atoms with van der Waals surface area (Å²) in [6.07, 6.45) is 0. The molecular weight excluding hydrogens is 224 g/mol. The maximum absolute atomic E-state index is 11.3.